The lowest BCUT2D eigenvalue weighted by molar-refractivity contribution is -0.0409. The van der Waals surface area contributed by atoms with Gasteiger partial charge in [0, 0.05) is 50.3 Å². The Balaban J connectivity index is 1.27. The molecular weight excluding hydrogens is 688 g/mol. The van der Waals surface area contributed by atoms with E-state index >= 15 is 0 Å². The van der Waals surface area contributed by atoms with Crippen LogP contribution >= 0.6 is 0 Å². The van der Waals surface area contributed by atoms with Crippen molar-refractivity contribution < 1.29 is 38.0 Å². The topological polar surface area (TPSA) is 94.6 Å². The van der Waals surface area contributed by atoms with Gasteiger partial charge >= 0.3 is 6.03 Å². The van der Waals surface area contributed by atoms with Crippen molar-refractivity contribution in [3.63, 3.8) is 0 Å². The molecule has 2 amide bonds. The van der Waals surface area contributed by atoms with Gasteiger partial charge in [-0.15, -0.1) is 0 Å². The molecule has 1 aliphatic carbocycles. The zero-order valence-electron chi connectivity index (χ0n) is 31.7. The Morgan fingerprint density at radius 2 is 1.56 bits per heavy atom. The number of methoxy groups -OCH3 is 4. The maximum atomic E-state index is 14.7. The predicted octanol–water partition coefficient (Wildman–Crippen LogP) is 6.20. The fourth-order valence-corrected chi connectivity index (χ4v) is 9.15. The number of hydrazine groups is 1. The molecule has 6 heterocycles. The first kappa shape index (κ1) is 34.8. The van der Waals surface area contributed by atoms with Gasteiger partial charge in [-0.05, 0) is 90.9 Å². The van der Waals surface area contributed by atoms with Crippen LogP contribution in [-0.2, 0) is 28.7 Å². The zero-order valence-corrected chi connectivity index (χ0v) is 31.7. The molecule has 12 nitrogen and oxygen atoms in total. The van der Waals surface area contributed by atoms with Crippen molar-refractivity contribution >= 4 is 6.03 Å². The van der Waals surface area contributed by atoms with Crippen molar-refractivity contribution in [1.29, 1.82) is 0 Å². The van der Waals surface area contributed by atoms with E-state index in [0.29, 0.717) is 86.6 Å². The summed E-state index contributed by atoms with van der Waals surface area (Å²) in [4.78, 5) is 19.0. The molecule has 0 radical (unpaired) electrons. The molecule has 3 aromatic rings. The molecule has 12 heteroatoms. The SMILES string of the molecule is COC1=CC2=C3CC1Oc1ccc(cc1)C[C@H]1c4cc(c(OC)cc4CCN1C)Oc1c(OC)c(OC)cc4c1[C@H](C3)N(CC4)N2C(=O)N1CCOCC1. The molecular formula is C42H48N4O8. The average molecular weight is 737 g/mol. The van der Waals surface area contributed by atoms with Gasteiger partial charge < -0.3 is 38.1 Å². The van der Waals surface area contributed by atoms with Crippen LogP contribution in [0.5, 0.6) is 34.5 Å². The van der Waals surface area contributed by atoms with E-state index < -0.39 is 0 Å². The number of urea groups is 1. The predicted molar refractivity (Wildman–Crippen MR) is 200 cm³/mol. The molecule has 0 N–H and O–H groups in total. The summed E-state index contributed by atoms with van der Waals surface area (Å²) in [5, 5.41) is 4.08. The van der Waals surface area contributed by atoms with Gasteiger partial charge in [0.25, 0.3) is 0 Å². The van der Waals surface area contributed by atoms with E-state index in [4.69, 9.17) is 33.2 Å². The molecule has 1 unspecified atom stereocenters. The lowest BCUT2D eigenvalue weighted by Crippen LogP contribution is -2.58. The quantitative estimate of drug-likeness (QED) is 0.309. The van der Waals surface area contributed by atoms with Gasteiger partial charge in [0.05, 0.1) is 53.4 Å². The molecule has 3 aromatic carbocycles. The maximum Gasteiger partial charge on any atom is 0.339 e. The minimum atomic E-state index is -0.370. The number of carbonyl (C=O) groups excluding carboxylic acids is 1. The third-order valence-electron chi connectivity index (χ3n) is 12.0. The van der Waals surface area contributed by atoms with E-state index in [1.54, 1.807) is 28.4 Å². The molecule has 1 fully saturated rings. The second kappa shape index (κ2) is 14.1. The first-order valence-corrected chi connectivity index (χ1v) is 18.9. The summed E-state index contributed by atoms with van der Waals surface area (Å²) >= 11 is 0. The average Bonchev–Trinajstić information content (AvgIpc) is 3.20. The van der Waals surface area contributed by atoms with E-state index in [-0.39, 0.29) is 24.2 Å². The minimum absolute atomic E-state index is 0.0859. The molecule has 0 spiro atoms. The summed E-state index contributed by atoms with van der Waals surface area (Å²) < 4.78 is 43.7. The molecule has 284 valence electrons. The Kier molecular flexibility index (Phi) is 9.07. The van der Waals surface area contributed by atoms with E-state index in [9.17, 15) is 4.79 Å². The summed E-state index contributed by atoms with van der Waals surface area (Å²) in [6.45, 7) is 3.58. The minimum Gasteiger partial charge on any atom is -0.497 e. The van der Waals surface area contributed by atoms with Crippen LogP contribution in [0.15, 0.2) is 65.6 Å². The van der Waals surface area contributed by atoms with E-state index in [1.807, 2.05) is 16.0 Å². The first-order valence-electron chi connectivity index (χ1n) is 18.9. The number of benzene rings is 3. The van der Waals surface area contributed by atoms with Gasteiger partial charge in [-0.25, -0.2) is 14.8 Å². The van der Waals surface area contributed by atoms with Crippen molar-refractivity contribution in [2.75, 3.05) is 74.9 Å². The van der Waals surface area contributed by atoms with Gasteiger partial charge in [-0.3, -0.25) is 4.90 Å². The molecule has 7 bridgehead atoms. The molecule has 6 aliphatic heterocycles. The fraction of sp³-hybridized carbons (Fsp3) is 0.452. The Labute approximate surface area is 316 Å². The Morgan fingerprint density at radius 3 is 2.30 bits per heavy atom. The van der Waals surface area contributed by atoms with E-state index in [1.165, 1.54) is 16.7 Å². The summed E-state index contributed by atoms with van der Waals surface area (Å²) in [7, 11) is 8.85. The standard InChI is InChI=1S/C42H48N4O8/c1-43-12-10-26-20-34(48-2)37-23-30(26)32(43)18-25-6-8-29(9-7-25)53-36-22-28-19-33-39-27(21-38(50-4)40(51-5)41(39)54-37)11-13-45(33)46(31(28)24-35(36)49-3)42(47)44-14-16-52-17-15-44/h6-9,20-21,23-24,32-33,36H,10-19,22H2,1-5H3/t32-,33-,36?/m0/s1. The number of hydrogen-bond acceptors (Lipinski definition) is 10. The summed E-state index contributed by atoms with van der Waals surface area (Å²) in [5.74, 6) is 4.37. The number of hydrogen-bond donors (Lipinski definition) is 0. The van der Waals surface area contributed by atoms with Crippen molar-refractivity contribution in [3.8, 4) is 34.5 Å². The molecule has 1 saturated heterocycles. The van der Waals surface area contributed by atoms with Gasteiger partial charge in [0.2, 0.25) is 5.75 Å². The highest BCUT2D eigenvalue weighted by Gasteiger charge is 2.47. The van der Waals surface area contributed by atoms with Crippen LogP contribution in [0.4, 0.5) is 4.79 Å². The third kappa shape index (κ3) is 5.82. The Bertz CT molecular complexity index is 2020. The number of fused-ring (bicyclic) bond motifs is 2. The van der Waals surface area contributed by atoms with Crippen LogP contribution in [0.1, 0.15) is 52.7 Å². The highest BCUT2D eigenvalue weighted by atomic mass is 16.5. The largest absolute Gasteiger partial charge is 0.497 e. The second-order valence-corrected chi connectivity index (χ2v) is 14.8. The molecule has 54 heavy (non-hydrogen) atoms. The monoisotopic (exact) mass is 736 g/mol. The highest BCUT2D eigenvalue weighted by Crippen LogP contribution is 2.55. The Morgan fingerprint density at radius 1 is 0.796 bits per heavy atom. The number of nitrogens with zero attached hydrogens (tertiary/aromatic N) is 4. The number of likely N-dealkylation sites (N-methyl/N-ethyl adjacent to an activating group) is 1. The van der Waals surface area contributed by atoms with Crippen LogP contribution in [0.25, 0.3) is 0 Å². The highest BCUT2D eigenvalue weighted by molar-refractivity contribution is 5.78. The number of amides is 2. The van der Waals surface area contributed by atoms with Crippen molar-refractivity contribution in [2.24, 2.45) is 0 Å². The van der Waals surface area contributed by atoms with Crippen LogP contribution in [-0.4, -0.2) is 107 Å². The van der Waals surface area contributed by atoms with Crippen molar-refractivity contribution in [1.82, 2.24) is 19.8 Å². The van der Waals surface area contributed by atoms with Crippen LogP contribution < -0.4 is 23.7 Å². The number of ether oxygens (including phenoxy) is 7. The number of morpholine rings is 1. The zero-order chi connectivity index (χ0) is 37.1. The lowest BCUT2D eigenvalue weighted by Gasteiger charge is -2.51. The first-order chi connectivity index (χ1) is 26.4. The normalized spacial score (nSPS) is 23.5. The second-order valence-electron chi connectivity index (χ2n) is 14.8. The summed E-state index contributed by atoms with van der Waals surface area (Å²) in [5.41, 5.74) is 7.66. The number of carbonyl (C=O) groups is 1. The summed E-state index contributed by atoms with van der Waals surface area (Å²) in [6, 6.07) is 14.6. The van der Waals surface area contributed by atoms with Gasteiger partial charge in [0.15, 0.2) is 29.1 Å². The van der Waals surface area contributed by atoms with Crippen LogP contribution in [0.2, 0.25) is 0 Å². The van der Waals surface area contributed by atoms with Gasteiger partial charge in [-0.2, -0.15) is 0 Å². The Hall–Kier alpha value is -4.91. The maximum absolute atomic E-state index is 14.7. The molecule has 10 rings (SSSR count). The van der Waals surface area contributed by atoms with Crippen molar-refractivity contribution in [3.05, 3.63) is 93.4 Å². The third-order valence-corrected chi connectivity index (χ3v) is 12.0. The molecule has 0 aromatic heterocycles. The van der Waals surface area contributed by atoms with Crippen molar-refractivity contribution in [2.45, 2.75) is 50.3 Å². The molecule has 0 saturated carbocycles. The van der Waals surface area contributed by atoms with Gasteiger partial charge in [-0.1, -0.05) is 12.1 Å². The van der Waals surface area contributed by atoms with E-state index in [0.717, 1.165) is 47.5 Å². The van der Waals surface area contributed by atoms with Crippen LogP contribution in [0.3, 0.4) is 0 Å². The number of allylic oxidation sites excluding steroid dienone is 1. The molecule has 3 atom stereocenters. The van der Waals surface area contributed by atoms with E-state index in [2.05, 4.69) is 59.4 Å². The molecule has 7 aliphatic rings. The smallest absolute Gasteiger partial charge is 0.339 e. The lowest BCUT2D eigenvalue weighted by atomic mass is 9.83. The number of rotatable bonds is 4. The van der Waals surface area contributed by atoms with Gasteiger partial charge in [0.1, 0.15) is 11.5 Å². The fourth-order valence-electron chi connectivity index (χ4n) is 9.15. The van der Waals surface area contributed by atoms with Crippen LogP contribution in [0, 0.1) is 0 Å². The summed E-state index contributed by atoms with van der Waals surface area (Å²) in [6.07, 6.45) is 5.21.